The maximum absolute atomic E-state index is 9.64. The molecule has 0 bridgehead atoms. The molecule has 2 rings (SSSR count). The van der Waals surface area contributed by atoms with Crippen LogP contribution in [0.15, 0.2) is 0 Å². The van der Waals surface area contributed by atoms with E-state index in [1.54, 1.807) is 0 Å². The lowest BCUT2D eigenvalue weighted by atomic mass is 9.82. The summed E-state index contributed by atoms with van der Waals surface area (Å²) in [6.07, 6.45) is 2.57. The Morgan fingerprint density at radius 1 is 1.33 bits per heavy atom. The van der Waals surface area contributed by atoms with Crippen LogP contribution < -0.4 is 0 Å². The first-order valence-corrected chi connectivity index (χ1v) is 4.70. The molecule has 12 heavy (non-hydrogen) atoms. The smallest absolute Gasteiger partial charge is 0.173 e. The summed E-state index contributed by atoms with van der Waals surface area (Å²) in [5, 5.41) is 9.64. The van der Waals surface area contributed by atoms with E-state index in [0.717, 1.165) is 19.3 Å². The molecule has 0 aromatic rings. The van der Waals surface area contributed by atoms with E-state index in [9.17, 15) is 5.11 Å². The Bertz CT molecular complexity index is 163. The lowest BCUT2D eigenvalue weighted by Crippen LogP contribution is -2.47. The molecule has 0 radical (unpaired) electrons. The van der Waals surface area contributed by atoms with Crippen molar-refractivity contribution in [1.82, 2.24) is 0 Å². The highest BCUT2D eigenvalue weighted by Gasteiger charge is 2.47. The predicted octanol–water partition coefficient (Wildman–Crippen LogP) is 0.910. The van der Waals surface area contributed by atoms with Gasteiger partial charge in [0.05, 0.1) is 19.3 Å². The van der Waals surface area contributed by atoms with Crippen molar-refractivity contribution in [3.05, 3.63) is 0 Å². The van der Waals surface area contributed by atoms with Crippen molar-refractivity contribution in [2.45, 2.75) is 38.1 Å². The first kappa shape index (κ1) is 8.48. The molecule has 1 aliphatic carbocycles. The molecule has 3 heteroatoms. The van der Waals surface area contributed by atoms with Crippen LogP contribution in [0.1, 0.15) is 26.2 Å². The van der Waals surface area contributed by atoms with E-state index in [2.05, 4.69) is 0 Å². The van der Waals surface area contributed by atoms with Gasteiger partial charge in [0.1, 0.15) is 0 Å². The van der Waals surface area contributed by atoms with Gasteiger partial charge in [0.2, 0.25) is 0 Å². The molecule has 1 saturated heterocycles. The highest BCUT2D eigenvalue weighted by Crippen LogP contribution is 2.40. The average Bonchev–Trinajstić information content (AvgIpc) is 2.50. The molecule has 2 atom stereocenters. The van der Waals surface area contributed by atoms with E-state index in [0.29, 0.717) is 13.2 Å². The molecule has 1 saturated carbocycles. The van der Waals surface area contributed by atoms with Crippen molar-refractivity contribution in [2.24, 2.45) is 5.92 Å². The number of aliphatic hydroxyl groups is 1. The second-order valence-electron chi connectivity index (χ2n) is 3.76. The Hall–Kier alpha value is -0.120. The van der Waals surface area contributed by atoms with Gasteiger partial charge in [0, 0.05) is 12.3 Å². The van der Waals surface area contributed by atoms with Crippen LogP contribution in [-0.4, -0.2) is 30.2 Å². The largest absolute Gasteiger partial charge is 0.393 e. The first-order valence-electron chi connectivity index (χ1n) is 4.70. The number of hydrogen-bond donors (Lipinski definition) is 1. The zero-order valence-electron chi connectivity index (χ0n) is 7.45. The molecule has 0 aromatic carbocycles. The third-order valence-corrected chi connectivity index (χ3v) is 3.07. The molecule has 70 valence electrons. The fraction of sp³-hybridized carbons (Fsp3) is 1.00. The monoisotopic (exact) mass is 172 g/mol. The summed E-state index contributed by atoms with van der Waals surface area (Å²) in [4.78, 5) is 0. The topological polar surface area (TPSA) is 38.7 Å². The third kappa shape index (κ3) is 1.16. The number of aliphatic hydroxyl groups excluding tert-OH is 1. The number of ether oxygens (including phenoxy) is 2. The summed E-state index contributed by atoms with van der Waals surface area (Å²) in [5.41, 5.74) is 0. The van der Waals surface area contributed by atoms with Gasteiger partial charge >= 0.3 is 0 Å². The molecule has 1 N–H and O–H groups in total. The summed E-state index contributed by atoms with van der Waals surface area (Å²) in [5.74, 6) is -0.328. The SMILES string of the molecule is C[C@@H]1[C@H](O)CCCC12OCCO2. The van der Waals surface area contributed by atoms with Gasteiger partial charge in [0.15, 0.2) is 5.79 Å². The van der Waals surface area contributed by atoms with Gasteiger partial charge in [-0.05, 0) is 12.8 Å². The molecule has 2 aliphatic rings. The Morgan fingerprint density at radius 2 is 2.00 bits per heavy atom. The summed E-state index contributed by atoms with van der Waals surface area (Å²) in [6, 6.07) is 0. The highest BCUT2D eigenvalue weighted by molar-refractivity contribution is 4.88. The van der Waals surface area contributed by atoms with Crippen molar-refractivity contribution in [3.8, 4) is 0 Å². The van der Waals surface area contributed by atoms with Gasteiger partial charge in [-0.3, -0.25) is 0 Å². The predicted molar refractivity (Wildman–Crippen MR) is 43.7 cm³/mol. The highest BCUT2D eigenvalue weighted by atomic mass is 16.7. The molecule has 2 fully saturated rings. The van der Waals surface area contributed by atoms with Crippen molar-refractivity contribution in [1.29, 1.82) is 0 Å². The minimum atomic E-state index is -0.447. The minimum Gasteiger partial charge on any atom is -0.393 e. The molecule has 1 heterocycles. The Balaban J connectivity index is 2.11. The lowest BCUT2D eigenvalue weighted by molar-refractivity contribution is -0.230. The molecule has 0 amide bonds. The van der Waals surface area contributed by atoms with Crippen LogP contribution >= 0.6 is 0 Å². The van der Waals surface area contributed by atoms with Crippen molar-refractivity contribution < 1.29 is 14.6 Å². The van der Waals surface area contributed by atoms with Crippen molar-refractivity contribution in [3.63, 3.8) is 0 Å². The van der Waals surface area contributed by atoms with Crippen LogP contribution in [0.25, 0.3) is 0 Å². The van der Waals surface area contributed by atoms with Crippen LogP contribution in [0.5, 0.6) is 0 Å². The van der Waals surface area contributed by atoms with Crippen LogP contribution in [0.4, 0.5) is 0 Å². The fourth-order valence-corrected chi connectivity index (χ4v) is 2.21. The zero-order chi connectivity index (χ0) is 8.60. The quantitative estimate of drug-likeness (QED) is 0.590. The molecule has 3 nitrogen and oxygen atoms in total. The van der Waals surface area contributed by atoms with Crippen LogP contribution in [-0.2, 0) is 9.47 Å². The van der Waals surface area contributed by atoms with E-state index in [4.69, 9.17) is 9.47 Å². The summed E-state index contributed by atoms with van der Waals surface area (Å²) in [6.45, 7) is 3.36. The summed E-state index contributed by atoms with van der Waals surface area (Å²) < 4.78 is 11.2. The van der Waals surface area contributed by atoms with Crippen molar-refractivity contribution >= 4 is 0 Å². The lowest BCUT2D eigenvalue weighted by Gasteiger charge is -2.40. The van der Waals surface area contributed by atoms with Crippen molar-refractivity contribution in [2.75, 3.05) is 13.2 Å². The van der Waals surface area contributed by atoms with Gasteiger partial charge in [0.25, 0.3) is 0 Å². The molecule has 0 unspecified atom stereocenters. The molecule has 0 aromatic heterocycles. The average molecular weight is 172 g/mol. The number of hydrogen-bond acceptors (Lipinski definition) is 3. The molecule has 1 aliphatic heterocycles. The number of rotatable bonds is 0. The Morgan fingerprint density at radius 3 is 2.67 bits per heavy atom. The van der Waals surface area contributed by atoms with Gasteiger partial charge in [-0.1, -0.05) is 6.92 Å². The van der Waals surface area contributed by atoms with E-state index in [1.807, 2.05) is 6.92 Å². The second kappa shape index (κ2) is 2.98. The van der Waals surface area contributed by atoms with Crippen LogP contribution in [0.3, 0.4) is 0 Å². The van der Waals surface area contributed by atoms with E-state index < -0.39 is 5.79 Å². The standard InChI is InChI=1S/C9H16O3/c1-7-8(10)3-2-4-9(7)11-5-6-12-9/h7-8,10H,2-6H2,1H3/t7-,8-/m1/s1. The minimum absolute atomic E-state index is 0.119. The Labute approximate surface area is 72.7 Å². The maximum atomic E-state index is 9.64. The molecule has 1 spiro atoms. The summed E-state index contributed by atoms with van der Waals surface area (Å²) >= 11 is 0. The van der Waals surface area contributed by atoms with Crippen LogP contribution in [0, 0.1) is 5.92 Å². The van der Waals surface area contributed by atoms with Gasteiger partial charge in [-0.2, -0.15) is 0 Å². The Kier molecular flexibility index (Phi) is 2.10. The summed E-state index contributed by atoms with van der Waals surface area (Å²) in [7, 11) is 0. The van der Waals surface area contributed by atoms with E-state index in [-0.39, 0.29) is 12.0 Å². The second-order valence-corrected chi connectivity index (χ2v) is 3.76. The first-order chi connectivity index (χ1) is 5.75. The van der Waals surface area contributed by atoms with E-state index in [1.165, 1.54) is 0 Å². The fourth-order valence-electron chi connectivity index (χ4n) is 2.21. The van der Waals surface area contributed by atoms with Gasteiger partial charge in [-0.25, -0.2) is 0 Å². The van der Waals surface area contributed by atoms with E-state index >= 15 is 0 Å². The van der Waals surface area contributed by atoms with Crippen LogP contribution in [0.2, 0.25) is 0 Å². The molecular weight excluding hydrogens is 156 g/mol. The van der Waals surface area contributed by atoms with Gasteiger partial charge < -0.3 is 14.6 Å². The maximum Gasteiger partial charge on any atom is 0.173 e. The normalized spacial score (nSPS) is 40.5. The molecular formula is C9H16O3. The third-order valence-electron chi connectivity index (χ3n) is 3.07. The van der Waals surface area contributed by atoms with Gasteiger partial charge in [-0.15, -0.1) is 0 Å². The zero-order valence-corrected chi connectivity index (χ0v) is 7.45.